The van der Waals surface area contributed by atoms with E-state index in [1.807, 2.05) is 37.3 Å². The quantitative estimate of drug-likeness (QED) is 0.473. The summed E-state index contributed by atoms with van der Waals surface area (Å²) in [6, 6.07) is 27.7. The third kappa shape index (κ3) is 3.52. The lowest BCUT2D eigenvalue weighted by Crippen LogP contribution is -2.37. The molecule has 1 amide bonds. The summed E-state index contributed by atoms with van der Waals surface area (Å²) in [5, 5.41) is 1.58. The van der Waals surface area contributed by atoms with Crippen molar-refractivity contribution in [2.45, 2.75) is 11.8 Å². The Balaban J connectivity index is 1.92. The first-order chi connectivity index (χ1) is 14.0. The standard InChI is InChI=1S/C24H19NO3S/c1-18-14-16-21(17-15-18)29(27,28)25(20-10-3-2-4-11-20)24(26)23-13-7-9-19-8-5-6-12-22(19)23/h2-17H,1H3. The van der Waals surface area contributed by atoms with Gasteiger partial charge < -0.3 is 0 Å². The molecular weight excluding hydrogens is 382 g/mol. The maximum absolute atomic E-state index is 13.6. The summed E-state index contributed by atoms with van der Waals surface area (Å²) >= 11 is 0. The van der Waals surface area contributed by atoms with Crippen molar-refractivity contribution in [1.29, 1.82) is 0 Å². The van der Waals surface area contributed by atoms with Crippen molar-refractivity contribution >= 4 is 32.4 Å². The fourth-order valence-electron chi connectivity index (χ4n) is 3.27. The lowest BCUT2D eigenvalue weighted by atomic mass is 10.0. The Hall–Kier alpha value is -3.44. The number of para-hydroxylation sites is 1. The monoisotopic (exact) mass is 401 g/mol. The van der Waals surface area contributed by atoms with Crippen molar-refractivity contribution in [3.05, 3.63) is 108 Å². The number of anilines is 1. The van der Waals surface area contributed by atoms with Crippen LogP contribution < -0.4 is 4.31 Å². The second-order valence-corrected chi connectivity index (χ2v) is 8.54. The Bertz CT molecular complexity index is 1280. The number of sulfonamides is 1. The highest BCUT2D eigenvalue weighted by Gasteiger charge is 2.32. The Morgan fingerprint density at radius 3 is 2.07 bits per heavy atom. The van der Waals surface area contributed by atoms with E-state index in [4.69, 9.17) is 0 Å². The molecule has 4 aromatic rings. The highest BCUT2D eigenvalue weighted by molar-refractivity contribution is 7.93. The van der Waals surface area contributed by atoms with Gasteiger partial charge in [-0.25, -0.2) is 8.42 Å². The normalized spacial score (nSPS) is 11.3. The van der Waals surface area contributed by atoms with Crippen LogP contribution in [-0.4, -0.2) is 14.3 Å². The maximum Gasteiger partial charge on any atom is 0.272 e. The van der Waals surface area contributed by atoms with Crippen LogP contribution in [0.1, 0.15) is 15.9 Å². The molecule has 4 aromatic carbocycles. The first-order valence-electron chi connectivity index (χ1n) is 9.17. The second kappa shape index (κ2) is 7.53. The molecule has 0 aromatic heterocycles. The van der Waals surface area contributed by atoms with Crippen LogP contribution in [0.5, 0.6) is 0 Å². The smallest absolute Gasteiger partial charge is 0.268 e. The lowest BCUT2D eigenvalue weighted by Gasteiger charge is -2.23. The summed E-state index contributed by atoms with van der Waals surface area (Å²) in [4.78, 5) is 13.7. The van der Waals surface area contributed by atoms with Gasteiger partial charge in [-0.15, -0.1) is 0 Å². The number of nitrogens with zero attached hydrogens (tertiary/aromatic N) is 1. The highest BCUT2D eigenvalue weighted by atomic mass is 32.2. The number of fused-ring (bicyclic) bond motifs is 1. The summed E-state index contributed by atoms with van der Waals surface area (Å²) in [5.74, 6) is -0.589. The molecule has 0 bridgehead atoms. The van der Waals surface area contributed by atoms with Crippen LogP contribution in [0, 0.1) is 6.92 Å². The van der Waals surface area contributed by atoms with Crippen molar-refractivity contribution in [3.63, 3.8) is 0 Å². The third-order valence-electron chi connectivity index (χ3n) is 4.75. The van der Waals surface area contributed by atoms with Gasteiger partial charge in [0, 0.05) is 5.56 Å². The predicted octanol–water partition coefficient (Wildman–Crippen LogP) is 5.18. The molecule has 0 N–H and O–H groups in total. The third-order valence-corrected chi connectivity index (χ3v) is 6.48. The minimum absolute atomic E-state index is 0.0699. The number of benzene rings is 4. The fourth-order valence-corrected chi connectivity index (χ4v) is 4.67. The van der Waals surface area contributed by atoms with E-state index < -0.39 is 15.9 Å². The molecule has 4 nitrogen and oxygen atoms in total. The molecule has 0 fully saturated rings. The van der Waals surface area contributed by atoms with Crippen LogP contribution in [0.2, 0.25) is 0 Å². The Morgan fingerprint density at radius 2 is 1.34 bits per heavy atom. The van der Waals surface area contributed by atoms with Gasteiger partial charge in [0.2, 0.25) is 0 Å². The molecule has 0 aliphatic carbocycles. The molecular formula is C24H19NO3S. The molecule has 0 saturated carbocycles. The van der Waals surface area contributed by atoms with Crippen LogP contribution in [0.25, 0.3) is 10.8 Å². The molecule has 0 saturated heterocycles. The average Bonchev–Trinajstić information content (AvgIpc) is 2.74. The zero-order valence-electron chi connectivity index (χ0n) is 15.8. The SMILES string of the molecule is Cc1ccc(S(=O)(=O)N(C(=O)c2cccc3ccccc23)c2ccccc2)cc1. The fraction of sp³-hybridized carbons (Fsp3) is 0.0417. The van der Waals surface area contributed by atoms with Gasteiger partial charge >= 0.3 is 0 Å². The summed E-state index contributed by atoms with van der Waals surface area (Å²) in [6.07, 6.45) is 0. The van der Waals surface area contributed by atoms with Crippen LogP contribution in [0.3, 0.4) is 0 Å². The molecule has 0 heterocycles. The van der Waals surface area contributed by atoms with Gasteiger partial charge in [0.05, 0.1) is 10.6 Å². The second-order valence-electron chi connectivity index (χ2n) is 6.75. The minimum atomic E-state index is -4.10. The van der Waals surface area contributed by atoms with Crippen LogP contribution >= 0.6 is 0 Å². The molecule has 0 atom stereocenters. The molecule has 0 unspecified atom stereocenters. The van der Waals surface area contributed by atoms with E-state index in [2.05, 4.69) is 0 Å². The molecule has 4 rings (SSSR count). The number of amides is 1. The van der Waals surface area contributed by atoms with E-state index in [0.29, 0.717) is 16.6 Å². The summed E-state index contributed by atoms with van der Waals surface area (Å²) in [7, 11) is -4.10. The van der Waals surface area contributed by atoms with E-state index in [0.717, 1.165) is 15.3 Å². The number of hydrogen-bond acceptors (Lipinski definition) is 3. The first-order valence-corrected chi connectivity index (χ1v) is 10.6. The summed E-state index contributed by atoms with van der Waals surface area (Å²) in [5.41, 5.74) is 1.57. The van der Waals surface area contributed by atoms with Crippen molar-refractivity contribution in [1.82, 2.24) is 0 Å². The number of carbonyl (C=O) groups is 1. The van der Waals surface area contributed by atoms with E-state index >= 15 is 0 Å². The molecule has 0 radical (unpaired) electrons. The zero-order chi connectivity index (χ0) is 20.4. The highest BCUT2D eigenvalue weighted by Crippen LogP contribution is 2.28. The molecule has 5 heteroatoms. The van der Waals surface area contributed by atoms with Crippen LogP contribution in [-0.2, 0) is 10.0 Å². The molecule has 144 valence electrons. The minimum Gasteiger partial charge on any atom is -0.268 e. The van der Waals surface area contributed by atoms with Crippen molar-refractivity contribution < 1.29 is 13.2 Å². The number of hydrogen-bond donors (Lipinski definition) is 0. The van der Waals surface area contributed by atoms with Gasteiger partial charge in [-0.05, 0) is 48.0 Å². The number of carbonyl (C=O) groups excluding carboxylic acids is 1. The predicted molar refractivity (Wildman–Crippen MR) is 116 cm³/mol. The largest absolute Gasteiger partial charge is 0.272 e. The van der Waals surface area contributed by atoms with E-state index in [1.54, 1.807) is 54.6 Å². The van der Waals surface area contributed by atoms with Gasteiger partial charge in [0.1, 0.15) is 0 Å². The zero-order valence-corrected chi connectivity index (χ0v) is 16.6. The Kier molecular flexibility index (Phi) is 4.91. The Morgan fingerprint density at radius 1 is 0.724 bits per heavy atom. The van der Waals surface area contributed by atoms with Gasteiger partial charge in [0.25, 0.3) is 15.9 Å². The van der Waals surface area contributed by atoms with Crippen molar-refractivity contribution in [2.75, 3.05) is 4.31 Å². The van der Waals surface area contributed by atoms with Gasteiger partial charge in [-0.3, -0.25) is 4.79 Å². The number of rotatable bonds is 4. The van der Waals surface area contributed by atoms with E-state index in [1.165, 1.54) is 12.1 Å². The molecule has 0 spiro atoms. The average molecular weight is 401 g/mol. The van der Waals surface area contributed by atoms with E-state index in [-0.39, 0.29) is 4.90 Å². The Labute approximate surface area is 170 Å². The first kappa shape index (κ1) is 18.9. The molecule has 29 heavy (non-hydrogen) atoms. The van der Waals surface area contributed by atoms with Crippen molar-refractivity contribution in [2.24, 2.45) is 0 Å². The van der Waals surface area contributed by atoms with Gasteiger partial charge in [0.15, 0.2) is 0 Å². The molecule has 0 aliphatic heterocycles. The lowest BCUT2D eigenvalue weighted by molar-refractivity contribution is 0.101. The number of aryl methyl sites for hydroxylation is 1. The summed E-state index contributed by atoms with van der Waals surface area (Å²) < 4.78 is 27.9. The van der Waals surface area contributed by atoms with Crippen LogP contribution in [0.4, 0.5) is 5.69 Å². The van der Waals surface area contributed by atoms with Gasteiger partial charge in [-0.2, -0.15) is 4.31 Å². The topological polar surface area (TPSA) is 54.5 Å². The maximum atomic E-state index is 13.6. The van der Waals surface area contributed by atoms with Crippen molar-refractivity contribution in [3.8, 4) is 0 Å². The van der Waals surface area contributed by atoms with E-state index in [9.17, 15) is 13.2 Å². The van der Waals surface area contributed by atoms with Gasteiger partial charge in [-0.1, -0.05) is 72.3 Å². The summed E-state index contributed by atoms with van der Waals surface area (Å²) in [6.45, 7) is 1.88. The molecule has 0 aliphatic rings. The van der Waals surface area contributed by atoms with Crippen LogP contribution in [0.15, 0.2) is 102 Å².